The second-order valence-electron chi connectivity index (χ2n) is 2.90. The third-order valence-corrected chi connectivity index (χ3v) is 1.74. The van der Waals surface area contributed by atoms with Crippen molar-refractivity contribution in [3.63, 3.8) is 0 Å². The minimum atomic E-state index is 0.271. The highest BCUT2D eigenvalue weighted by Gasteiger charge is 2.22. The molecule has 0 saturated carbocycles. The number of oxime groups is 1. The Morgan fingerprint density at radius 2 is 2.23 bits per heavy atom. The van der Waals surface area contributed by atoms with E-state index in [1.165, 1.54) is 0 Å². The molecule has 0 spiro atoms. The average Bonchev–Trinajstić information content (AvgIpc) is 2.98. The summed E-state index contributed by atoms with van der Waals surface area (Å²) in [5, 5.41) is 3.82. The highest BCUT2D eigenvalue weighted by molar-refractivity contribution is 5.78. The second-order valence-corrected chi connectivity index (χ2v) is 2.90. The minimum absolute atomic E-state index is 0.271. The van der Waals surface area contributed by atoms with Gasteiger partial charge in [0.15, 0.2) is 0 Å². The van der Waals surface area contributed by atoms with Crippen LogP contribution in [0.1, 0.15) is 5.56 Å². The molecule has 1 heterocycles. The van der Waals surface area contributed by atoms with Crippen molar-refractivity contribution in [3.8, 4) is 0 Å². The monoisotopic (exact) mass is 177 g/mol. The van der Waals surface area contributed by atoms with Gasteiger partial charge in [-0.2, -0.15) is 0 Å². The topological polar surface area (TPSA) is 34.1 Å². The van der Waals surface area contributed by atoms with Crippen molar-refractivity contribution in [1.29, 1.82) is 0 Å². The molecule has 13 heavy (non-hydrogen) atoms. The van der Waals surface area contributed by atoms with Gasteiger partial charge in [0.2, 0.25) is 0 Å². The van der Waals surface area contributed by atoms with Crippen molar-refractivity contribution in [1.82, 2.24) is 0 Å². The van der Waals surface area contributed by atoms with Crippen molar-refractivity contribution < 1.29 is 9.57 Å². The third kappa shape index (κ3) is 2.87. The van der Waals surface area contributed by atoms with E-state index in [9.17, 15) is 0 Å². The van der Waals surface area contributed by atoms with Gasteiger partial charge in [-0.1, -0.05) is 35.5 Å². The summed E-state index contributed by atoms with van der Waals surface area (Å²) in [6, 6.07) is 9.84. The van der Waals surface area contributed by atoms with Crippen molar-refractivity contribution in [2.45, 2.75) is 6.10 Å². The van der Waals surface area contributed by atoms with Crippen molar-refractivity contribution in [2.75, 3.05) is 13.2 Å². The maximum atomic E-state index is 5.01. The lowest BCUT2D eigenvalue weighted by Crippen LogP contribution is -1.96. The van der Waals surface area contributed by atoms with E-state index in [0.29, 0.717) is 6.61 Å². The van der Waals surface area contributed by atoms with E-state index in [2.05, 4.69) is 5.16 Å². The Morgan fingerprint density at radius 3 is 2.92 bits per heavy atom. The number of hydrogen-bond acceptors (Lipinski definition) is 3. The number of rotatable bonds is 4. The molecule has 1 fully saturated rings. The SMILES string of the molecule is C(=NOCC1CO1)c1ccccc1. The number of hydrogen-bond donors (Lipinski definition) is 0. The zero-order valence-corrected chi connectivity index (χ0v) is 7.22. The van der Waals surface area contributed by atoms with E-state index in [0.717, 1.165) is 12.2 Å². The number of epoxide rings is 1. The standard InChI is InChI=1S/C10H11NO2/c1-2-4-9(5-3-1)6-11-13-8-10-7-12-10/h1-6,10H,7-8H2. The van der Waals surface area contributed by atoms with Crippen LogP contribution in [0.3, 0.4) is 0 Å². The average molecular weight is 177 g/mol. The summed E-state index contributed by atoms with van der Waals surface area (Å²) in [5.41, 5.74) is 1.04. The molecule has 1 saturated heterocycles. The van der Waals surface area contributed by atoms with Crippen molar-refractivity contribution in [3.05, 3.63) is 35.9 Å². The second kappa shape index (κ2) is 4.05. The van der Waals surface area contributed by atoms with Crippen LogP contribution in [-0.4, -0.2) is 25.5 Å². The van der Waals surface area contributed by atoms with Gasteiger partial charge in [0, 0.05) is 0 Å². The molecule has 3 nitrogen and oxygen atoms in total. The predicted octanol–water partition coefficient (Wildman–Crippen LogP) is 1.44. The summed E-state index contributed by atoms with van der Waals surface area (Å²) in [6.07, 6.45) is 1.97. The van der Waals surface area contributed by atoms with Gasteiger partial charge in [-0.3, -0.25) is 0 Å². The molecule has 0 aliphatic carbocycles. The minimum Gasteiger partial charge on any atom is -0.393 e. The first kappa shape index (κ1) is 8.26. The van der Waals surface area contributed by atoms with E-state index in [-0.39, 0.29) is 6.10 Å². The first-order valence-electron chi connectivity index (χ1n) is 4.27. The summed E-state index contributed by atoms with van der Waals surface area (Å²) in [4.78, 5) is 5.01. The Morgan fingerprint density at radius 1 is 1.46 bits per heavy atom. The van der Waals surface area contributed by atoms with Crippen LogP contribution in [0.25, 0.3) is 0 Å². The molecule has 2 rings (SSSR count). The van der Waals surface area contributed by atoms with E-state index in [4.69, 9.17) is 9.57 Å². The molecule has 1 aliphatic rings. The fourth-order valence-corrected chi connectivity index (χ4v) is 0.928. The summed E-state index contributed by atoms with van der Waals surface area (Å²) < 4.78 is 4.96. The lowest BCUT2D eigenvalue weighted by atomic mass is 10.2. The van der Waals surface area contributed by atoms with Crippen LogP contribution in [0.5, 0.6) is 0 Å². The Kier molecular flexibility index (Phi) is 2.57. The van der Waals surface area contributed by atoms with Crippen LogP contribution in [0.15, 0.2) is 35.5 Å². The molecule has 0 N–H and O–H groups in total. The molecule has 1 aliphatic heterocycles. The molecule has 0 aromatic heterocycles. The lowest BCUT2D eigenvalue weighted by molar-refractivity contribution is 0.126. The lowest BCUT2D eigenvalue weighted by Gasteiger charge is -1.93. The fourth-order valence-electron chi connectivity index (χ4n) is 0.928. The van der Waals surface area contributed by atoms with Gasteiger partial charge < -0.3 is 9.57 Å². The summed E-state index contributed by atoms with van der Waals surface area (Å²) in [6.45, 7) is 1.37. The van der Waals surface area contributed by atoms with E-state index >= 15 is 0 Å². The largest absolute Gasteiger partial charge is 0.393 e. The quantitative estimate of drug-likeness (QED) is 0.396. The van der Waals surface area contributed by atoms with Crippen LogP contribution in [0, 0.1) is 0 Å². The van der Waals surface area contributed by atoms with Crippen molar-refractivity contribution in [2.24, 2.45) is 5.16 Å². The van der Waals surface area contributed by atoms with E-state index in [1.807, 2.05) is 30.3 Å². The highest BCUT2D eigenvalue weighted by Crippen LogP contribution is 2.08. The zero-order valence-electron chi connectivity index (χ0n) is 7.22. The van der Waals surface area contributed by atoms with Gasteiger partial charge >= 0.3 is 0 Å². The number of benzene rings is 1. The van der Waals surface area contributed by atoms with Gasteiger partial charge in [0.25, 0.3) is 0 Å². The van der Waals surface area contributed by atoms with Gasteiger partial charge in [0.1, 0.15) is 12.7 Å². The number of nitrogens with zero attached hydrogens (tertiary/aromatic N) is 1. The normalized spacial score (nSPS) is 20.5. The van der Waals surface area contributed by atoms with Crippen LogP contribution >= 0.6 is 0 Å². The highest BCUT2D eigenvalue weighted by atomic mass is 16.7. The van der Waals surface area contributed by atoms with Gasteiger partial charge in [-0.25, -0.2) is 0 Å². The van der Waals surface area contributed by atoms with Gasteiger partial charge in [-0.05, 0) is 5.56 Å². The number of ether oxygens (including phenoxy) is 1. The summed E-state index contributed by atoms with van der Waals surface area (Å²) in [7, 11) is 0. The van der Waals surface area contributed by atoms with E-state index < -0.39 is 0 Å². The molecule has 1 aromatic rings. The molecular formula is C10H11NO2. The molecule has 0 bridgehead atoms. The van der Waals surface area contributed by atoms with E-state index in [1.54, 1.807) is 6.21 Å². The van der Waals surface area contributed by atoms with Gasteiger partial charge in [-0.15, -0.1) is 0 Å². The molecule has 1 aromatic carbocycles. The third-order valence-electron chi connectivity index (χ3n) is 1.74. The first-order chi connectivity index (χ1) is 6.45. The Balaban J connectivity index is 1.76. The molecule has 1 unspecified atom stereocenters. The summed E-state index contributed by atoms with van der Waals surface area (Å²) in [5.74, 6) is 0. The Hall–Kier alpha value is -1.35. The molecule has 0 radical (unpaired) electrons. The molecular weight excluding hydrogens is 166 g/mol. The van der Waals surface area contributed by atoms with Crippen LogP contribution in [-0.2, 0) is 9.57 Å². The van der Waals surface area contributed by atoms with Gasteiger partial charge in [0.05, 0.1) is 12.8 Å². The van der Waals surface area contributed by atoms with Crippen LogP contribution in [0.2, 0.25) is 0 Å². The maximum Gasteiger partial charge on any atom is 0.145 e. The zero-order chi connectivity index (χ0) is 8.93. The van der Waals surface area contributed by atoms with Crippen LogP contribution in [0.4, 0.5) is 0 Å². The first-order valence-corrected chi connectivity index (χ1v) is 4.27. The predicted molar refractivity (Wildman–Crippen MR) is 49.7 cm³/mol. The fraction of sp³-hybridized carbons (Fsp3) is 0.300. The summed E-state index contributed by atoms with van der Waals surface area (Å²) >= 11 is 0. The molecule has 68 valence electrons. The maximum absolute atomic E-state index is 5.01. The Labute approximate surface area is 77.0 Å². The smallest absolute Gasteiger partial charge is 0.145 e. The Bertz CT molecular complexity index is 280. The van der Waals surface area contributed by atoms with Crippen LogP contribution < -0.4 is 0 Å². The van der Waals surface area contributed by atoms with Crippen molar-refractivity contribution >= 4 is 6.21 Å². The molecule has 1 atom stereocenters. The molecule has 3 heteroatoms. The molecule has 0 amide bonds.